The standard InChI is InChI=1S/C16H18N2O3/c1-12-6-2-3-7-13(12)18-15(19)9-4-10-17-16(20)14-8-5-11-21-14/h2-3,5-8,11H,4,9-10H2,1H3,(H,17,20)(H,18,19). The van der Waals surface area contributed by atoms with Gasteiger partial charge in [0.25, 0.3) is 5.91 Å². The quantitative estimate of drug-likeness (QED) is 0.802. The van der Waals surface area contributed by atoms with Gasteiger partial charge in [-0.05, 0) is 37.1 Å². The molecule has 0 fully saturated rings. The van der Waals surface area contributed by atoms with Gasteiger partial charge >= 0.3 is 0 Å². The van der Waals surface area contributed by atoms with E-state index in [2.05, 4.69) is 10.6 Å². The van der Waals surface area contributed by atoms with Crippen LogP contribution in [0.2, 0.25) is 0 Å². The Morgan fingerprint density at radius 1 is 1.14 bits per heavy atom. The minimum absolute atomic E-state index is 0.0588. The zero-order valence-corrected chi connectivity index (χ0v) is 11.9. The number of para-hydroxylation sites is 1. The number of anilines is 1. The smallest absolute Gasteiger partial charge is 0.286 e. The van der Waals surface area contributed by atoms with Gasteiger partial charge in [0, 0.05) is 18.7 Å². The third-order valence-corrected chi connectivity index (χ3v) is 3.03. The zero-order chi connectivity index (χ0) is 15.1. The van der Waals surface area contributed by atoms with E-state index in [0.717, 1.165) is 11.3 Å². The Morgan fingerprint density at radius 3 is 2.67 bits per heavy atom. The van der Waals surface area contributed by atoms with Crippen molar-refractivity contribution in [2.45, 2.75) is 19.8 Å². The number of carbonyl (C=O) groups excluding carboxylic acids is 2. The third kappa shape index (κ3) is 4.49. The number of furan rings is 1. The summed E-state index contributed by atoms with van der Waals surface area (Å²) >= 11 is 0. The van der Waals surface area contributed by atoms with Crippen LogP contribution in [0.25, 0.3) is 0 Å². The van der Waals surface area contributed by atoms with Crippen LogP contribution in [0.3, 0.4) is 0 Å². The van der Waals surface area contributed by atoms with Gasteiger partial charge in [0.2, 0.25) is 5.91 Å². The van der Waals surface area contributed by atoms with Gasteiger partial charge in [-0.1, -0.05) is 18.2 Å². The van der Waals surface area contributed by atoms with E-state index >= 15 is 0 Å². The Bertz CT molecular complexity index is 606. The van der Waals surface area contributed by atoms with Crippen LogP contribution in [0.15, 0.2) is 47.1 Å². The molecule has 1 aromatic carbocycles. The fourth-order valence-electron chi connectivity index (χ4n) is 1.87. The van der Waals surface area contributed by atoms with E-state index in [1.807, 2.05) is 31.2 Å². The monoisotopic (exact) mass is 286 g/mol. The SMILES string of the molecule is Cc1ccccc1NC(=O)CCCNC(=O)c1ccco1. The van der Waals surface area contributed by atoms with Gasteiger partial charge in [-0.25, -0.2) is 0 Å². The molecule has 2 N–H and O–H groups in total. The molecule has 0 aliphatic rings. The largest absolute Gasteiger partial charge is 0.459 e. The van der Waals surface area contributed by atoms with E-state index < -0.39 is 0 Å². The molecule has 5 heteroatoms. The Balaban J connectivity index is 1.68. The maximum atomic E-state index is 11.8. The van der Waals surface area contributed by atoms with Gasteiger partial charge in [-0.2, -0.15) is 0 Å². The fourth-order valence-corrected chi connectivity index (χ4v) is 1.87. The minimum atomic E-state index is -0.265. The lowest BCUT2D eigenvalue weighted by atomic mass is 10.2. The maximum Gasteiger partial charge on any atom is 0.286 e. The average molecular weight is 286 g/mol. The summed E-state index contributed by atoms with van der Waals surface area (Å²) in [4.78, 5) is 23.4. The highest BCUT2D eigenvalue weighted by Gasteiger charge is 2.08. The number of aryl methyl sites for hydroxylation is 1. The summed E-state index contributed by atoms with van der Waals surface area (Å²) in [6.45, 7) is 2.37. The normalized spacial score (nSPS) is 10.1. The topological polar surface area (TPSA) is 71.3 Å². The van der Waals surface area contributed by atoms with Crippen molar-refractivity contribution in [1.82, 2.24) is 5.32 Å². The van der Waals surface area contributed by atoms with Crippen LogP contribution >= 0.6 is 0 Å². The van der Waals surface area contributed by atoms with Crippen LogP contribution in [0.4, 0.5) is 5.69 Å². The van der Waals surface area contributed by atoms with Crippen molar-refractivity contribution in [3.63, 3.8) is 0 Å². The number of rotatable bonds is 6. The summed E-state index contributed by atoms with van der Waals surface area (Å²) in [5, 5.41) is 5.56. The molecule has 0 spiro atoms. The molecule has 2 amide bonds. The number of hydrogen-bond donors (Lipinski definition) is 2. The van der Waals surface area contributed by atoms with Crippen LogP contribution in [-0.2, 0) is 4.79 Å². The molecule has 2 rings (SSSR count). The van der Waals surface area contributed by atoms with Crippen LogP contribution < -0.4 is 10.6 Å². The highest BCUT2D eigenvalue weighted by molar-refractivity contribution is 5.92. The molecule has 0 saturated carbocycles. The molecule has 1 heterocycles. The predicted molar refractivity (Wildman–Crippen MR) is 80.1 cm³/mol. The second kappa shape index (κ2) is 7.28. The molecule has 0 aliphatic heterocycles. The summed E-state index contributed by atoms with van der Waals surface area (Å²) in [6, 6.07) is 10.9. The first kappa shape index (κ1) is 14.8. The summed E-state index contributed by atoms with van der Waals surface area (Å²) in [5.74, 6) is -0.0461. The minimum Gasteiger partial charge on any atom is -0.459 e. The molecule has 0 saturated heterocycles. The van der Waals surface area contributed by atoms with Crippen molar-refractivity contribution in [3.8, 4) is 0 Å². The van der Waals surface area contributed by atoms with E-state index in [-0.39, 0.29) is 17.6 Å². The molecule has 0 atom stereocenters. The highest BCUT2D eigenvalue weighted by atomic mass is 16.3. The zero-order valence-electron chi connectivity index (χ0n) is 11.9. The fraction of sp³-hybridized carbons (Fsp3) is 0.250. The van der Waals surface area contributed by atoms with Crippen molar-refractivity contribution < 1.29 is 14.0 Å². The number of amides is 2. The molecule has 0 bridgehead atoms. The summed E-state index contributed by atoms with van der Waals surface area (Å²) in [5.41, 5.74) is 1.85. The first-order chi connectivity index (χ1) is 10.2. The number of hydrogen-bond acceptors (Lipinski definition) is 3. The molecule has 0 aliphatic carbocycles. The van der Waals surface area contributed by atoms with Crippen LogP contribution in [0, 0.1) is 6.92 Å². The Kier molecular flexibility index (Phi) is 5.15. The first-order valence-corrected chi connectivity index (χ1v) is 6.84. The number of nitrogens with one attached hydrogen (secondary N) is 2. The lowest BCUT2D eigenvalue weighted by Crippen LogP contribution is -2.25. The Labute approximate surface area is 123 Å². The molecular formula is C16H18N2O3. The molecule has 1 aromatic heterocycles. The summed E-state index contributed by atoms with van der Waals surface area (Å²) in [6.07, 6.45) is 2.38. The summed E-state index contributed by atoms with van der Waals surface area (Å²) in [7, 11) is 0. The van der Waals surface area contributed by atoms with Crippen molar-refractivity contribution in [2.75, 3.05) is 11.9 Å². The molecule has 0 radical (unpaired) electrons. The van der Waals surface area contributed by atoms with E-state index in [0.29, 0.717) is 19.4 Å². The number of carbonyl (C=O) groups is 2. The van der Waals surface area contributed by atoms with Crippen molar-refractivity contribution in [2.24, 2.45) is 0 Å². The Hall–Kier alpha value is -2.56. The first-order valence-electron chi connectivity index (χ1n) is 6.84. The third-order valence-electron chi connectivity index (χ3n) is 3.03. The second-order valence-corrected chi connectivity index (χ2v) is 4.70. The van der Waals surface area contributed by atoms with Gasteiger partial charge in [0.1, 0.15) is 0 Å². The van der Waals surface area contributed by atoms with Gasteiger partial charge < -0.3 is 15.1 Å². The van der Waals surface area contributed by atoms with Crippen molar-refractivity contribution >= 4 is 17.5 Å². The van der Waals surface area contributed by atoms with Gasteiger partial charge in [0.05, 0.1) is 6.26 Å². The van der Waals surface area contributed by atoms with Crippen LogP contribution in [0.1, 0.15) is 29.0 Å². The average Bonchev–Trinajstić information content (AvgIpc) is 3.00. The van der Waals surface area contributed by atoms with E-state index in [1.54, 1.807) is 12.1 Å². The van der Waals surface area contributed by atoms with Crippen LogP contribution in [0.5, 0.6) is 0 Å². The van der Waals surface area contributed by atoms with Crippen molar-refractivity contribution in [1.29, 1.82) is 0 Å². The number of benzene rings is 1. The lowest BCUT2D eigenvalue weighted by molar-refractivity contribution is -0.116. The van der Waals surface area contributed by atoms with Gasteiger partial charge in [-0.3, -0.25) is 9.59 Å². The second-order valence-electron chi connectivity index (χ2n) is 4.70. The van der Waals surface area contributed by atoms with E-state index in [4.69, 9.17) is 4.42 Å². The molecule has 0 unspecified atom stereocenters. The molecule has 21 heavy (non-hydrogen) atoms. The van der Waals surface area contributed by atoms with Crippen LogP contribution in [-0.4, -0.2) is 18.4 Å². The van der Waals surface area contributed by atoms with Crippen molar-refractivity contribution in [3.05, 3.63) is 54.0 Å². The molecule has 2 aromatic rings. The van der Waals surface area contributed by atoms with E-state index in [1.165, 1.54) is 6.26 Å². The Morgan fingerprint density at radius 2 is 1.95 bits per heavy atom. The maximum absolute atomic E-state index is 11.8. The summed E-state index contributed by atoms with van der Waals surface area (Å²) < 4.78 is 4.97. The lowest BCUT2D eigenvalue weighted by Gasteiger charge is -2.08. The predicted octanol–water partition coefficient (Wildman–Crippen LogP) is 2.74. The van der Waals surface area contributed by atoms with Gasteiger partial charge in [-0.15, -0.1) is 0 Å². The molecule has 5 nitrogen and oxygen atoms in total. The molecule has 110 valence electrons. The molecular weight excluding hydrogens is 268 g/mol. The highest BCUT2D eigenvalue weighted by Crippen LogP contribution is 2.13. The van der Waals surface area contributed by atoms with Gasteiger partial charge in [0.15, 0.2) is 5.76 Å². The van der Waals surface area contributed by atoms with E-state index in [9.17, 15) is 9.59 Å².